The lowest BCUT2D eigenvalue weighted by Crippen LogP contribution is -2.16. The molecule has 2 unspecified atom stereocenters. The topological polar surface area (TPSA) is 0 Å². The first-order chi connectivity index (χ1) is 6.20. The van der Waals surface area contributed by atoms with E-state index in [9.17, 15) is 0 Å². The van der Waals surface area contributed by atoms with Crippen molar-refractivity contribution in [3.8, 4) is 0 Å². The molecule has 0 N–H and O–H groups in total. The molecule has 1 aliphatic carbocycles. The van der Waals surface area contributed by atoms with Crippen LogP contribution in [0.25, 0.3) is 0 Å². The van der Waals surface area contributed by atoms with Gasteiger partial charge in [-0.15, -0.1) is 0 Å². The third-order valence-electron chi connectivity index (χ3n) is 3.56. The van der Waals surface area contributed by atoms with Crippen molar-refractivity contribution >= 4 is 0 Å². The van der Waals surface area contributed by atoms with E-state index in [0.29, 0.717) is 0 Å². The zero-order valence-corrected chi connectivity index (χ0v) is 9.68. The SMILES string of the molecule is CC(C)CC1CCCCCCC1C. The Morgan fingerprint density at radius 1 is 1.00 bits per heavy atom. The molecule has 1 saturated carbocycles. The van der Waals surface area contributed by atoms with Crippen molar-refractivity contribution < 1.29 is 0 Å². The van der Waals surface area contributed by atoms with Gasteiger partial charge in [-0.1, -0.05) is 59.3 Å². The Bertz CT molecular complexity index is 126. The summed E-state index contributed by atoms with van der Waals surface area (Å²) in [5.74, 6) is 2.91. The van der Waals surface area contributed by atoms with Crippen LogP contribution in [0.4, 0.5) is 0 Å². The molecule has 1 aliphatic rings. The zero-order valence-electron chi connectivity index (χ0n) is 9.68. The van der Waals surface area contributed by atoms with Crippen molar-refractivity contribution in [1.29, 1.82) is 0 Å². The van der Waals surface area contributed by atoms with Crippen LogP contribution in [0.3, 0.4) is 0 Å². The Morgan fingerprint density at radius 2 is 1.62 bits per heavy atom. The summed E-state index contributed by atoms with van der Waals surface area (Å²) in [6.07, 6.45) is 10.4. The van der Waals surface area contributed by atoms with Crippen LogP contribution < -0.4 is 0 Å². The average Bonchev–Trinajstić information content (AvgIpc) is 2.04. The van der Waals surface area contributed by atoms with Crippen molar-refractivity contribution in [2.24, 2.45) is 17.8 Å². The summed E-state index contributed by atoms with van der Waals surface area (Å²) in [7, 11) is 0. The molecule has 0 aromatic heterocycles. The van der Waals surface area contributed by atoms with Crippen molar-refractivity contribution in [2.45, 2.75) is 65.7 Å². The minimum Gasteiger partial charge on any atom is -0.0628 e. The van der Waals surface area contributed by atoms with Gasteiger partial charge in [0.1, 0.15) is 0 Å². The van der Waals surface area contributed by atoms with Gasteiger partial charge in [0.2, 0.25) is 0 Å². The summed E-state index contributed by atoms with van der Waals surface area (Å²) in [4.78, 5) is 0. The van der Waals surface area contributed by atoms with Gasteiger partial charge in [0, 0.05) is 0 Å². The van der Waals surface area contributed by atoms with E-state index >= 15 is 0 Å². The van der Waals surface area contributed by atoms with Gasteiger partial charge >= 0.3 is 0 Å². The van der Waals surface area contributed by atoms with Gasteiger partial charge in [-0.05, 0) is 24.2 Å². The highest BCUT2D eigenvalue weighted by atomic mass is 14.2. The molecule has 0 heteroatoms. The van der Waals surface area contributed by atoms with Gasteiger partial charge in [0.25, 0.3) is 0 Å². The summed E-state index contributed by atoms with van der Waals surface area (Å²) >= 11 is 0. The van der Waals surface area contributed by atoms with E-state index in [1.807, 2.05) is 0 Å². The van der Waals surface area contributed by atoms with Crippen molar-refractivity contribution in [1.82, 2.24) is 0 Å². The third kappa shape index (κ3) is 4.15. The van der Waals surface area contributed by atoms with E-state index in [-0.39, 0.29) is 0 Å². The Balaban J connectivity index is 2.37. The minimum absolute atomic E-state index is 0.895. The van der Waals surface area contributed by atoms with E-state index in [0.717, 1.165) is 17.8 Å². The van der Waals surface area contributed by atoms with Crippen LogP contribution in [0.1, 0.15) is 65.7 Å². The molecule has 0 bridgehead atoms. The highest BCUT2D eigenvalue weighted by molar-refractivity contribution is 4.71. The molecule has 13 heavy (non-hydrogen) atoms. The summed E-state index contributed by atoms with van der Waals surface area (Å²) in [6, 6.07) is 0. The predicted molar refractivity (Wildman–Crippen MR) is 59.8 cm³/mol. The highest BCUT2D eigenvalue weighted by Gasteiger charge is 2.19. The fourth-order valence-electron chi connectivity index (χ4n) is 2.70. The molecule has 1 rings (SSSR count). The van der Waals surface area contributed by atoms with Crippen molar-refractivity contribution in [3.05, 3.63) is 0 Å². The van der Waals surface area contributed by atoms with Crippen molar-refractivity contribution in [3.63, 3.8) is 0 Å². The first-order valence-electron chi connectivity index (χ1n) is 6.20. The summed E-state index contributed by atoms with van der Waals surface area (Å²) < 4.78 is 0. The second-order valence-electron chi connectivity index (χ2n) is 5.36. The molecular weight excluding hydrogens is 156 g/mol. The smallest absolute Gasteiger partial charge is 0.0386 e. The molecule has 0 aliphatic heterocycles. The third-order valence-corrected chi connectivity index (χ3v) is 3.56. The highest BCUT2D eigenvalue weighted by Crippen LogP contribution is 2.31. The van der Waals surface area contributed by atoms with E-state index in [4.69, 9.17) is 0 Å². The molecule has 0 saturated heterocycles. The Kier molecular flexibility index (Phi) is 4.83. The maximum absolute atomic E-state index is 2.47. The summed E-state index contributed by atoms with van der Waals surface area (Å²) in [6.45, 7) is 7.20. The Hall–Kier alpha value is 0. The second kappa shape index (κ2) is 5.67. The fraction of sp³-hybridized carbons (Fsp3) is 1.00. The van der Waals surface area contributed by atoms with Crippen LogP contribution >= 0.6 is 0 Å². The maximum Gasteiger partial charge on any atom is -0.0386 e. The Morgan fingerprint density at radius 3 is 2.23 bits per heavy atom. The molecule has 0 heterocycles. The van der Waals surface area contributed by atoms with Gasteiger partial charge in [-0.25, -0.2) is 0 Å². The lowest BCUT2D eigenvalue weighted by molar-refractivity contribution is 0.242. The average molecular weight is 182 g/mol. The fourth-order valence-corrected chi connectivity index (χ4v) is 2.70. The minimum atomic E-state index is 0.895. The predicted octanol–water partition coefficient (Wildman–Crippen LogP) is 4.64. The molecule has 0 aromatic rings. The standard InChI is InChI=1S/C13H26/c1-11(2)10-13-9-7-5-4-6-8-12(13)3/h11-13H,4-10H2,1-3H3. The van der Waals surface area contributed by atoms with Gasteiger partial charge in [0.05, 0.1) is 0 Å². The zero-order chi connectivity index (χ0) is 9.68. The monoisotopic (exact) mass is 182 g/mol. The molecular formula is C13H26. The molecule has 2 atom stereocenters. The molecule has 0 amide bonds. The number of hydrogen-bond donors (Lipinski definition) is 0. The van der Waals surface area contributed by atoms with Gasteiger partial charge in [-0.2, -0.15) is 0 Å². The largest absolute Gasteiger partial charge is 0.0628 e. The van der Waals surface area contributed by atoms with Crippen LogP contribution in [0, 0.1) is 17.8 Å². The van der Waals surface area contributed by atoms with Crippen LogP contribution in [0.5, 0.6) is 0 Å². The van der Waals surface area contributed by atoms with E-state index in [1.54, 1.807) is 0 Å². The number of rotatable bonds is 2. The maximum atomic E-state index is 2.47. The first-order valence-corrected chi connectivity index (χ1v) is 6.20. The van der Waals surface area contributed by atoms with Gasteiger partial charge in [0.15, 0.2) is 0 Å². The Labute approximate surface area is 84.1 Å². The molecule has 0 nitrogen and oxygen atoms in total. The first kappa shape index (κ1) is 11.1. The lowest BCUT2D eigenvalue weighted by Gasteiger charge is -2.27. The molecule has 0 radical (unpaired) electrons. The van der Waals surface area contributed by atoms with E-state index in [1.165, 1.54) is 44.9 Å². The van der Waals surface area contributed by atoms with Crippen molar-refractivity contribution in [2.75, 3.05) is 0 Å². The van der Waals surface area contributed by atoms with Crippen LogP contribution in [0.2, 0.25) is 0 Å². The molecule has 0 spiro atoms. The van der Waals surface area contributed by atoms with Crippen LogP contribution in [-0.4, -0.2) is 0 Å². The lowest BCUT2D eigenvalue weighted by atomic mass is 9.78. The molecule has 1 fully saturated rings. The summed E-state index contributed by atoms with van der Waals surface area (Å²) in [5.41, 5.74) is 0. The number of hydrogen-bond acceptors (Lipinski definition) is 0. The van der Waals surface area contributed by atoms with Gasteiger partial charge < -0.3 is 0 Å². The van der Waals surface area contributed by atoms with E-state index in [2.05, 4.69) is 20.8 Å². The van der Waals surface area contributed by atoms with Gasteiger partial charge in [-0.3, -0.25) is 0 Å². The quantitative estimate of drug-likeness (QED) is 0.583. The second-order valence-corrected chi connectivity index (χ2v) is 5.36. The van der Waals surface area contributed by atoms with Crippen LogP contribution in [0.15, 0.2) is 0 Å². The van der Waals surface area contributed by atoms with Crippen LogP contribution in [-0.2, 0) is 0 Å². The normalized spacial score (nSPS) is 31.4. The van der Waals surface area contributed by atoms with E-state index < -0.39 is 0 Å². The summed E-state index contributed by atoms with van der Waals surface area (Å²) in [5, 5.41) is 0. The molecule has 0 aromatic carbocycles. The molecule has 78 valence electrons.